The molecular weight excluding hydrogens is 291 g/mol. The van der Waals surface area contributed by atoms with Crippen LogP contribution in [-0.2, 0) is 9.47 Å². The third-order valence-corrected chi connectivity index (χ3v) is 2.28. The number of anilines is 1. The summed E-state index contributed by atoms with van der Waals surface area (Å²) in [6.07, 6.45) is -4.40. The highest BCUT2D eigenvalue weighted by molar-refractivity contribution is 5.94. The van der Waals surface area contributed by atoms with Crippen LogP contribution >= 0.6 is 0 Å². The maximum atomic E-state index is 11.8. The van der Waals surface area contributed by atoms with E-state index in [9.17, 15) is 18.0 Å². The van der Waals surface area contributed by atoms with Gasteiger partial charge < -0.3 is 19.9 Å². The molecule has 2 N–H and O–H groups in total. The number of esters is 1. The highest BCUT2D eigenvalue weighted by atomic mass is 19.4. The monoisotopic (exact) mass is 307 g/mol. The van der Waals surface area contributed by atoms with E-state index >= 15 is 0 Å². The molecule has 0 aromatic heterocycles. The van der Waals surface area contributed by atoms with E-state index in [0.717, 1.165) is 0 Å². The Morgan fingerprint density at radius 2 is 2.00 bits per heavy atom. The number of ether oxygens (including phenoxy) is 3. The number of alkyl halides is 3. The van der Waals surface area contributed by atoms with Crippen molar-refractivity contribution in [3.05, 3.63) is 23.8 Å². The van der Waals surface area contributed by atoms with E-state index < -0.39 is 18.8 Å². The van der Waals surface area contributed by atoms with Crippen molar-refractivity contribution in [2.75, 3.05) is 32.2 Å². The average molecular weight is 307 g/mol. The summed E-state index contributed by atoms with van der Waals surface area (Å²) < 4.78 is 49.9. The van der Waals surface area contributed by atoms with Gasteiger partial charge in [0.1, 0.15) is 18.8 Å². The molecule has 0 atom stereocenters. The second kappa shape index (κ2) is 7.72. The van der Waals surface area contributed by atoms with Gasteiger partial charge >= 0.3 is 12.1 Å². The predicted octanol–water partition coefficient (Wildman–Crippen LogP) is 2.40. The molecule has 5 nitrogen and oxygen atoms in total. The lowest BCUT2D eigenvalue weighted by Crippen LogP contribution is -2.20. The first-order valence-electron chi connectivity index (χ1n) is 6.18. The Morgan fingerprint density at radius 1 is 1.29 bits per heavy atom. The molecule has 1 aromatic carbocycles. The van der Waals surface area contributed by atoms with Gasteiger partial charge in [-0.1, -0.05) is 6.07 Å². The second-order valence-corrected chi connectivity index (χ2v) is 3.96. The van der Waals surface area contributed by atoms with Crippen molar-refractivity contribution >= 4 is 11.7 Å². The van der Waals surface area contributed by atoms with Gasteiger partial charge in [0, 0.05) is 0 Å². The molecule has 0 unspecified atom stereocenters. The molecule has 0 saturated carbocycles. The van der Waals surface area contributed by atoms with Crippen molar-refractivity contribution in [2.45, 2.75) is 13.1 Å². The van der Waals surface area contributed by atoms with Crippen molar-refractivity contribution in [1.29, 1.82) is 0 Å². The topological polar surface area (TPSA) is 70.8 Å². The van der Waals surface area contributed by atoms with Crippen LogP contribution in [0.2, 0.25) is 0 Å². The lowest BCUT2D eigenvalue weighted by Gasteiger charge is -2.12. The minimum atomic E-state index is -4.40. The minimum Gasteiger partial charge on any atom is -0.491 e. The van der Waals surface area contributed by atoms with E-state index in [-0.39, 0.29) is 30.2 Å². The molecule has 0 bridgehead atoms. The van der Waals surface area contributed by atoms with Gasteiger partial charge in [0.25, 0.3) is 0 Å². The molecule has 118 valence electrons. The zero-order chi connectivity index (χ0) is 15.9. The van der Waals surface area contributed by atoms with Crippen molar-refractivity contribution in [2.24, 2.45) is 0 Å². The van der Waals surface area contributed by atoms with Crippen LogP contribution in [0.15, 0.2) is 18.2 Å². The van der Waals surface area contributed by atoms with E-state index in [1.54, 1.807) is 19.1 Å². The number of carbonyl (C=O) groups excluding carboxylic acids is 1. The van der Waals surface area contributed by atoms with Gasteiger partial charge in [-0.2, -0.15) is 13.2 Å². The number of hydrogen-bond donors (Lipinski definition) is 1. The fourth-order valence-corrected chi connectivity index (χ4v) is 1.48. The third-order valence-electron chi connectivity index (χ3n) is 2.28. The molecule has 21 heavy (non-hydrogen) atoms. The zero-order valence-electron chi connectivity index (χ0n) is 11.4. The molecule has 1 aromatic rings. The van der Waals surface area contributed by atoms with Crippen LogP contribution in [0.25, 0.3) is 0 Å². The summed E-state index contributed by atoms with van der Waals surface area (Å²) in [5.41, 5.74) is 6.08. The third kappa shape index (κ3) is 5.90. The first-order chi connectivity index (χ1) is 9.85. The number of para-hydroxylation sites is 1. The van der Waals surface area contributed by atoms with Gasteiger partial charge in [-0.15, -0.1) is 0 Å². The summed E-state index contributed by atoms with van der Waals surface area (Å²) >= 11 is 0. The average Bonchev–Trinajstić information content (AvgIpc) is 2.39. The highest BCUT2D eigenvalue weighted by Gasteiger charge is 2.27. The number of halogens is 3. The highest BCUT2D eigenvalue weighted by Crippen LogP contribution is 2.27. The van der Waals surface area contributed by atoms with Crippen LogP contribution in [0.5, 0.6) is 5.75 Å². The molecule has 0 spiro atoms. The minimum absolute atomic E-state index is 0.118. The maximum absolute atomic E-state index is 11.8. The van der Waals surface area contributed by atoms with Crippen LogP contribution in [0.1, 0.15) is 17.3 Å². The number of hydrogen-bond acceptors (Lipinski definition) is 5. The number of rotatable bonds is 7. The Hall–Kier alpha value is -1.96. The molecule has 0 aliphatic carbocycles. The van der Waals surface area contributed by atoms with Crippen LogP contribution in [0.3, 0.4) is 0 Å². The van der Waals surface area contributed by atoms with Gasteiger partial charge in [0.05, 0.1) is 18.9 Å². The molecule has 0 amide bonds. The Morgan fingerprint density at radius 3 is 2.62 bits per heavy atom. The van der Waals surface area contributed by atoms with Crippen LogP contribution in [0.4, 0.5) is 18.9 Å². The Labute approximate surface area is 119 Å². The molecule has 8 heteroatoms. The summed E-state index contributed by atoms with van der Waals surface area (Å²) in [4.78, 5) is 11.8. The van der Waals surface area contributed by atoms with Gasteiger partial charge in [-0.05, 0) is 19.1 Å². The largest absolute Gasteiger partial charge is 0.491 e. The standard InChI is InChI=1S/C13H16F3NO4/c1-2-20-11-9(4-3-5-10(11)17)12(18)21-7-6-19-8-13(14,15)16/h3-5H,2,6-8,17H2,1H3. The molecule has 0 aliphatic rings. The lowest BCUT2D eigenvalue weighted by molar-refractivity contribution is -0.175. The van der Waals surface area contributed by atoms with E-state index in [2.05, 4.69) is 4.74 Å². The first-order valence-corrected chi connectivity index (χ1v) is 6.18. The SMILES string of the molecule is CCOc1c(N)cccc1C(=O)OCCOCC(F)(F)F. The fraction of sp³-hybridized carbons (Fsp3) is 0.462. The first kappa shape index (κ1) is 17.1. The van der Waals surface area contributed by atoms with E-state index in [1.165, 1.54) is 6.07 Å². The van der Waals surface area contributed by atoms with Crippen molar-refractivity contribution in [1.82, 2.24) is 0 Å². The maximum Gasteiger partial charge on any atom is 0.411 e. The normalized spacial score (nSPS) is 11.2. The Kier molecular flexibility index (Phi) is 6.29. The van der Waals surface area contributed by atoms with E-state index in [1.807, 2.05) is 0 Å². The molecule has 0 fully saturated rings. The molecular formula is C13H16F3NO4. The number of nitrogens with two attached hydrogens (primary N) is 1. The van der Waals surface area contributed by atoms with Crippen LogP contribution in [0, 0.1) is 0 Å². The summed E-state index contributed by atoms with van der Waals surface area (Å²) in [6.45, 7) is 0.00948. The number of carbonyl (C=O) groups is 1. The van der Waals surface area contributed by atoms with Gasteiger partial charge in [0.15, 0.2) is 5.75 Å². The van der Waals surface area contributed by atoms with Crippen LogP contribution in [-0.4, -0.2) is 38.6 Å². The van der Waals surface area contributed by atoms with Crippen LogP contribution < -0.4 is 10.5 Å². The summed E-state index contributed by atoms with van der Waals surface area (Å²) in [6, 6.07) is 4.57. The van der Waals surface area contributed by atoms with Gasteiger partial charge in [-0.25, -0.2) is 4.79 Å². The number of benzene rings is 1. The van der Waals surface area contributed by atoms with E-state index in [4.69, 9.17) is 15.2 Å². The molecule has 0 aliphatic heterocycles. The predicted molar refractivity (Wildman–Crippen MR) is 69.2 cm³/mol. The molecule has 1 rings (SSSR count). The fourth-order valence-electron chi connectivity index (χ4n) is 1.48. The van der Waals surface area contributed by atoms with Crippen molar-refractivity contribution < 1.29 is 32.2 Å². The molecule has 0 radical (unpaired) electrons. The van der Waals surface area contributed by atoms with Crippen molar-refractivity contribution in [3.63, 3.8) is 0 Å². The summed E-state index contributed by atoms with van der Waals surface area (Å²) in [5, 5.41) is 0. The number of nitrogen functional groups attached to an aromatic ring is 1. The van der Waals surface area contributed by atoms with Gasteiger partial charge in [0.2, 0.25) is 0 Å². The van der Waals surface area contributed by atoms with Crippen molar-refractivity contribution in [3.8, 4) is 5.75 Å². The summed E-state index contributed by atoms with van der Waals surface area (Å²) in [5.74, 6) is -0.539. The quantitative estimate of drug-likeness (QED) is 0.476. The van der Waals surface area contributed by atoms with Gasteiger partial charge in [-0.3, -0.25) is 0 Å². The lowest BCUT2D eigenvalue weighted by atomic mass is 10.2. The summed E-state index contributed by atoms with van der Waals surface area (Å²) in [7, 11) is 0. The second-order valence-electron chi connectivity index (χ2n) is 3.96. The zero-order valence-corrected chi connectivity index (χ0v) is 11.4. The Bertz CT molecular complexity index is 477. The molecule has 0 saturated heterocycles. The smallest absolute Gasteiger partial charge is 0.411 e. The molecule has 0 heterocycles. The Balaban J connectivity index is 2.51. The van der Waals surface area contributed by atoms with E-state index in [0.29, 0.717) is 6.61 Å².